The van der Waals surface area contributed by atoms with Crippen LogP contribution >= 0.6 is 0 Å². The average Bonchev–Trinajstić information content (AvgIpc) is 2.28. The Balaban J connectivity index is 2.70. The number of likely N-dealkylation sites (N-methyl/N-ethyl adjacent to an activating group) is 1. The van der Waals surface area contributed by atoms with Crippen LogP contribution in [-0.2, 0) is 4.79 Å². The summed E-state index contributed by atoms with van der Waals surface area (Å²) < 4.78 is 13.3. The summed E-state index contributed by atoms with van der Waals surface area (Å²) >= 11 is 0. The number of carbonyl (C=O) groups is 2. The maximum atomic E-state index is 13.3. The van der Waals surface area contributed by atoms with Gasteiger partial charge in [-0.25, -0.2) is 4.39 Å². The largest absolute Gasteiger partial charge is 0.347 e. The van der Waals surface area contributed by atoms with Gasteiger partial charge in [0, 0.05) is 14.1 Å². The van der Waals surface area contributed by atoms with Gasteiger partial charge < -0.3 is 10.2 Å². The van der Waals surface area contributed by atoms with Crippen molar-refractivity contribution in [3.63, 3.8) is 0 Å². The predicted molar refractivity (Wildman–Crippen MR) is 62.2 cm³/mol. The lowest BCUT2D eigenvalue weighted by molar-refractivity contribution is -0.127. The molecule has 0 aliphatic rings. The number of aryl methyl sites for hydroxylation is 1. The molecule has 0 saturated heterocycles. The fourth-order valence-corrected chi connectivity index (χ4v) is 1.22. The van der Waals surface area contributed by atoms with Gasteiger partial charge in [-0.15, -0.1) is 0 Å². The zero-order valence-electron chi connectivity index (χ0n) is 10.1. The molecule has 5 heteroatoms. The molecule has 0 aliphatic carbocycles. The molecule has 0 atom stereocenters. The van der Waals surface area contributed by atoms with Crippen molar-refractivity contribution >= 4 is 11.8 Å². The van der Waals surface area contributed by atoms with Crippen molar-refractivity contribution in [2.45, 2.75) is 6.92 Å². The molecule has 0 heterocycles. The highest BCUT2D eigenvalue weighted by Gasteiger charge is 2.13. The van der Waals surface area contributed by atoms with Crippen molar-refractivity contribution in [2.75, 3.05) is 20.6 Å². The van der Waals surface area contributed by atoms with Gasteiger partial charge in [-0.3, -0.25) is 9.59 Å². The van der Waals surface area contributed by atoms with Crippen LogP contribution in [0.1, 0.15) is 15.9 Å². The van der Waals surface area contributed by atoms with Gasteiger partial charge >= 0.3 is 0 Å². The van der Waals surface area contributed by atoms with E-state index in [1.54, 1.807) is 27.1 Å². The Morgan fingerprint density at radius 1 is 1.35 bits per heavy atom. The van der Waals surface area contributed by atoms with Crippen molar-refractivity contribution in [1.82, 2.24) is 10.2 Å². The van der Waals surface area contributed by atoms with E-state index in [9.17, 15) is 14.0 Å². The summed E-state index contributed by atoms with van der Waals surface area (Å²) in [6.07, 6.45) is 0. The highest BCUT2D eigenvalue weighted by Crippen LogP contribution is 2.09. The standard InChI is InChI=1S/C12H15FN2O2/c1-8-4-5-10(13)9(6-8)12(17)14-7-11(16)15(2)3/h4-6H,7H2,1-3H3,(H,14,17). The van der Waals surface area contributed by atoms with E-state index in [0.29, 0.717) is 0 Å². The molecule has 2 amide bonds. The average molecular weight is 238 g/mol. The Hall–Kier alpha value is -1.91. The zero-order chi connectivity index (χ0) is 13.0. The van der Waals surface area contributed by atoms with E-state index in [4.69, 9.17) is 0 Å². The van der Waals surface area contributed by atoms with Crippen LogP contribution < -0.4 is 5.32 Å². The van der Waals surface area contributed by atoms with Crippen molar-refractivity contribution < 1.29 is 14.0 Å². The number of rotatable bonds is 3. The lowest BCUT2D eigenvalue weighted by Gasteiger charge is -2.11. The molecule has 0 aliphatic heterocycles. The molecule has 0 unspecified atom stereocenters. The summed E-state index contributed by atoms with van der Waals surface area (Å²) in [5, 5.41) is 2.38. The third-order valence-electron chi connectivity index (χ3n) is 2.27. The van der Waals surface area contributed by atoms with Gasteiger partial charge in [0.15, 0.2) is 0 Å². The Morgan fingerprint density at radius 2 is 2.00 bits per heavy atom. The number of nitrogens with one attached hydrogen (secondary N) is 1. The van der Waals surface area contributed by atoms with Gasteiger partial charge in [-0.05, 0) is 19.1 Å². The Bertz CT molecular complexity index is 444. The number of benzene rings is 1. The third-order valence-corrected chi connectivity index (χ3v) is 2.27. The van der Waals surface area contributed by atoms with Crippen molar-refractivity contribution in [3.05, 3.63) is 35.1 Å². The Kier molecular flexibility index (Phi) is 4.20. The fraction of sp³-hybridized carbons (Fsp3) is 0.333. The van der Waals surface area contributed by atoms with Crippen molar-refractivity contribution in [3.8, 4) is 0 Å². The lowest BCUT2D eigenvalue weighted by Crippen LogP contribution is -2.36. The third kappa shape index (κ3) is 3.55. The van der Waals surface area contributed by atoms with Gasteiger partial charge in [0.25, 0.3) is 5.91 Å². The van der Waals surface area contributed by atoms with Crippen molar-refractivity contribution in [1.29, 1.82) is 0 Å². The molecule has 92 valence electrons. The number of carbonyl (C=O) groups excluding carboxylic acids is 2. The van der Waals surface area contributed by atoms with Gasteiger partial charge in [-0.2, -0.15) is 0 Å². The van der Waals surface area contributed by atoms with E-state index in [2.05, 4.69) is 5.32 Å². The molecule has 17 heavy (non-hydrogen) atoms. The summed E-state index contributed by atoms with van der Waals surface area (Å²) in [6, 6.07) is 4.26. The minimum Gasteiger partial charge on any atom is -0.347 e. The summed E-state index contributed by atoms with van der Waals surface area (Å²) in [6.45, 7) is 1.63. The highest BCUT2D eigenvalue weighted by atomic mass is 19.1. The first-order valence-corrected chi connectivity index (χ1v) is 5.16. The summed E-state index contributed by atoms with van der Waals surface area (Å²) in [7, 11) is 3.17. The fourth-order valence-electron chi connectivity index (χ4n) is 1.22. The van der Waals surface area contributed by atoms with Crippen molar-refractivity contribution in [2.24, 2.45) is 0 Å². The first-order chi connectivity index (χ1) is 7.91. The SMILES string of the molecule is Cc1ccc(F)c(C(=O)NCC(=O)N(C)C)c1. The van der Waals surface area contributed by atoms with Crippen LogP contribution in [0.2, 0.25) is 0 Å². The Morgan fingerprint density at radius 3 is 2.59 bits per heavy atom. The van der Waals surface area contributed by atoms with E-state index >= 15 is 0 Å². The van der Waals surface area contributed by atoms with Gasteiger partial charge in [0.05, 0.1) is 12.1 Å². The van der Waals surface area contributed by atoms with Crippen LogP contribution in [0.5, 0.6) is 0 Å². The van der Waals surface area contributed by atoms with E-state index in [1.807, 2.05) is 0 Å². The lowest BCUT2D eigenvalue weighted by atomic mass is 10.1. The maximum Gasteiger partial charge on any atom is 0.254 e. The molecule has 0 aromatic heterocycles. The van der Waals surface area contributed by atoms with Gasteiger partial charge in [0.2, 0.25) is 5.91 Å². The number of hydrogen-bond donors (Lipinski definition) is 1. The minimum atomic E-state index is -0.592. The van der Waals surface area contributed by atoms with Gasteiger partial charge in [-0.1, -0.05) is 11.6 Å². The molecule has 0 bridgehead atoms. The second kappa shape index (κ2) is 5.43. The molecule has 0 fully saturated rings. The second-order valence-electron chi connectivity index (χ2n) is 3.95. The molecular weight excluding hydrogens is 223 g/mol. The van der Waals surface area contributed by atoms with Crippen LogP contribution in [-0.4, -0.2) is 37.4 Å². The maximum absolute atomic E-state index is 13.3. The van der Waals surface area contributed by atoms with Gasteiger partial charge in [0.1, 0.15) is 5.82 Å². The topological polar surface area (TPSA) is 49.4 Å². The van der Waals surface area contributed by atoms with E-state index < -0.39 is 11.7 Å². The molecule has 0 saturated carbocycles. The second-order valence-corrected chi connectivity index (χ2v) is 3.95. The number of halogens is 1. The van der Waals surface area contributed by atoms with Crippen LogP contribution in [0, 0.1) is 12.7 Å². The molecule has 1 rings (SSSR count). The van der Waals surface area contributed by atoms with E-state index in [-0.39, 0.29) is 18.0 Å². The normalized spacial score (nSPS) is 9.88. The molecule has 4 nitrogen and oxygen atoms in total. The molecule has 0 spiro atoms. The first kappa shape index (κ1) is 13.2. The number of nitrogens with zero attached hydrogens (tertiary/aromatic N) is 1. The minimum absolute atomic E-state index is 0.0449. The predicted octanol–water partition coefficient (Wildman–Crippen LogP) is 0.952. The van der Waals surface area contributed by atoms with Crippen LogP contribution in [0.3, 0.4) is 0 Å². The van der Waals surface area contributed by atoms with E-state index in [0.717, 1.165) is 5.56 Å². The molecule has 0 radical (unpaired) electrons. The molecule has 1 aromatic carbocycles. The quantitative estimate of drug-likeness (QED) is 0.852. The molecule has 1 aromatic rings. The summed E-state index contributed by atoms with van der Waals surface area (Å²) in [5.74, 6) is -1.42. The smallest absolute Gasteiger partial charge is 0.254 e. The van der Waals surface area contributed by atoms with Crippen LogP contribution in [0.4, 0.5) is 4.39 Å². The molecule has 1 N–H and O–H groups in total. The van der Waals surface area contributed by atoms with Crippen LogP contribution in [0.15, 0.2) is 18.2 Å². The summed E-state index contributed by atoms with van der Waals surface area (Å²) in [4.78, 5) is 24.2. The van der Waals surface area contributed by atoms with Crippen LogP contribution in [0.25, 0.3) is 0 Å². The molecular formula is C12H15FN2O2. The monoisotopic (exact) mass is 238 g/mol. The Labute approximate surface area is 99.4 Å². The highest BCUT2D eigenvalue weighted by molar-refractivity contribution is 5.96. The number of amides is 2. The summed E-state index contributed by atoms with van der Waals surface area (Å²) in [5.41, 5.74) is 0.743. The van der Waals surface area contributed by atoms with E-state index in [1.165, 1.54) is 17.0 Å². The first-order valence-electron chi connectivity index (χ1n) is 5.16. The number of hydrogen-bond acceptors (Lipinski definition) is 2. The zero-order valence-corrected chi connectivity index (χ0v) is 10.1.